The Morgan fingerprint density at radius 3 is 2.62 bits per heavy atom. The number of hydrogen-bond donors (Lipinski definition) is 1. The average molecular weight is 431 g/mol. The number of anilines is 1. The van der Waals surface area contributed by atoms with Crippen molar-refractivity contribution in [2.45, 2.75) is 32.5 Å². The fourth-order valence-electron chi connectivity index (χ4n) is 2.59. The highest BCUT2D eigenvalue weighted by molar-refractivity contribution is 7.99. The van der Waals surface area contributed by atoms with E-state index in [2.05, 4.69) is 29.4 Å². The van der Waals surface area contributed by atoms with E-state index in [1.165, 1.54) is 22.9 Å². The number of aromatic nitrogens is 3. The van der Waals surface area contributed by atoms with Gasteiger partial charge in [-0.2, -0.15) is 0 Å². The molecule has 6 nitrogen and oxygen atoms in total. The van der Waals surface area contributed by atoms with Crippen LogP contribution in [-0.2, 0) is 18.4 Å². The molecular weight excluding hydrogens is 408 g/mol. The van der Waals surface area contributed by atoms with Crippen molar-refractivity contribution in [1.29, 1.82) is 0 Å². The van der Waals surface area contributed by atoms with Crippen LogP contribution in [0.3, 0.4) is 0 Å². The van der Waals surface area contributed by atoms with Gasteiger partial charge in [0.1, 0.15) is 12.4 Å². The lowest BCUT2D eigenvalue weighted by molar-refractivity contribution is -0.113. The number of nitrogens with one attached hydrogen (secondary N) is 1. The SMILES string of the molecule is Cc1ccc(OCc2nnc(SCC(=O)Nc3cc(Cl)ccc3C)n2C)cc1C. The first kappa shape index (κ1) is 21.2. The van der Waals surface area contributed by atoms with Crippen LogP contribution in [0.4, 0.5) is 5.69 Å². The number of rotatable bonds is 7. The van der Waals surface area contributed by atoms with E-state index < -0.39 is 0 Å². The van der Waals surface area contributed by atoms with E-state index in [4.69, 9.17) is 16.3 Å². The van der Waals surface area contributed by atoms with Gasteiger partial charge in [-0.25, -0.2) is 0 Å². The van der Waals surface area contributed by atoms with Gasteiger partial charge in [-0.1, -0.05) is 35.5 Å². The molecule has 0 aliphatic heterocycles. The van der Waals surface area contributed by atoms with Gasteiger partial charge in [0.05, 0.1) is 5.75 Å². The molecule has 2 aromatic carbocycles. The van der Waals surface area contributed by atoms with Crippen molar-refractivity contribution in [1.82, 2.24) is 14.8 Å². The van der Waals surface area contributed by atoms with Gasteiger partial charge in [-0.15, -0.1) is 10.2 Å². The summed E-state index contributed by atoms with van der Waals surface area (Å²) in [6.45, 7) is 6.34. The molecule has 0 fully saturated rings. The molecule has 1 heterocycles. The van der Waals surface area contributed by atoms with Crippen LogP contribution in [0.25, 0.3) is 0 Å². The van der Waals surface area contributed by atoms with Gasteiger partial charge in [-0.05, 0) is 61.7 Å². The summed E-state index contributed by atoms with van der Waals surface area (Å²) < 4.78 is 7.66. The second-order valence-corrected chi connectivity index (χ2v) is 8.17. The van der Waals surface area contributed by atoms with Crippen molar-refractivity contribution < 1.29 is 9.53 Å². The summed E-state index contributed by atoms with van der Waals surface area (Å²) in [4.78, 5) is 12.3. The molecule has 0 atom stereocenters. The number of ether oxygens (including phenoxy) is 1. The van der Waals surface area contributed by atoms with E-state index >= 15 is 0 Å². The third-order valence-corrected chi connectivity index (χ3v) is 5.83. The lowest BCUT2D eigenvalue weighted by atomic mass is 10.1. The van der Waals surface area contributed by atoms with E-state index in [1.54, 1.807) is 12.1 Å². The van der Waals surface area contributed by atoms with Gasteiger partial charge in [0.25, 0.3) is 0 Å². The Hall–Kier alpha value is -2.51. The summed E-state index contributed by atoms with van der Waals surface area (Å²) in [5, 5.41) is 12.5. The molecule has 3 aromatic rings. The maximum atomic E-state index is 12.3. The third-order valence-electron chi connectivity index (χ3n) is 4.58. The van der Waals surface area contributed by atoms with Crippen LogP contribution in [0.1, 0.15) is 22.5 Å². The second kappa shape index (κ2) is 9.33. The number of benzene rings is 2. The van der Waals surface area contributed by atoms with Crippen molar-refractivity contribution in [2.24, 2.45) is 7.05 Å². The average Bonchev–Trinajstić information content (AvgIpc) is 3.04. The molecule has 0 aliphatic carbocycles. The molecule has 0 saturated heterocycles. The summed E-state index contributed by atoms with van der Waals surface area (Å²) in [6.07, 6.45) is 0. The maximum Gasteiger partial charge on any atom is 0.234 e. The van der Waals surface area contributed by atoms with Crippen molar-refractivity contribution in [3.8, 4) is 5.75 Å². The second-order valence-electron chi connectivity index (χ2n) is 6.79. The first-order chi connectivity index (χ1) is 13.8. The van der Waals surface area contributed by atoms with Gasteiger partial charge < -0.3 is 14.6 Å². The monoisotopic (exact) mass is 430 g/mol. The van der Waals surface area contributed by atoms with E-state index in [1.807, 2.05) is 42.8 Å². The Morgan fingerprint density at radius 2 is 1.86 bits per heavy atom. The predicted molar refractivity (Wildman–Crippen MR) is 117 cm³/mol. The van der Waals surface area contributed by atoms with Crippen LogP contribution >= 0.6 is 23.4 Å². The Labute approximate surface area is 179 Å². The summed E-state index contributed by atoms with van der Waals surface area (Å²) in [7, 11) is 1.86. The zero-order chi connectivity index (χ0) is 21.0. The van der Waals surface area contributed by atoms with Gasteiger partial charge >= 0.3 is 0 Å². The molecule has 1 aromatic heterocycles. The topological polar surface area (TPSA) is 69.0 Å². The quantitative estimate of drug-likeness (QED) is 0.550. The number of amides is 1. The highest BCUT2D eigenvalue weighted by Gasteiger charge is 2.13. The number of aryl methyl sites for hydroxylation is 3. The fourth-order valence-corrected chi connectivity index (χ4v) is 3.50. The van der Waals surface area contributed by atoms with Gasteiger partial charge in [0.15, 0.2) is 11.0 Å². The molecule has 1 amide bonds. The summed E-state index contributed by atoms with van der Waals surface area (Å²) >= 11 is 7.32. The standard InChI is InChI=1S/C21H23ClN4O2S/c1-13-6-8-17(9-15(13)3)28-11-19-24-25-21(26(19)4)29-12-20(27)23-18-10-16(22)7-5-14(18)2/h5-10H,11-12H2,1-4H3,(H,23,27). The lowest BCUT2D eigenvalue weighted by Crippen LogP contribution is -2.15. The van der Waals surface area contributed by atoms with E-state index in [-0.39, 0.29) is 11.7 Å². The Morgan fingerprint density at radius 1 is 1.10 bits per heavy atom. The number of carbonyl (C=O) groups is 1. The van der Waals surface area contributed by atoms with Crippen LogP contribution in [0.5, 0.6) is 5.75 Å². The molecule has 8 heteroatoms. The van der Waals surface area contributed by atoms with Crippen molar-refractivity contribution in [3.05, 3.63) is 63.9 Å². The summed E-state index contributed by atoms with van der Waals surface area (Å²) in [5.41, 5.74) is 4.07. The van der Waals surface area contributed by atoms with Gasteiger partial charge in [-0.3, -0.25) is 4.79 Å². The summed E-state index contributed by atoms with van der Waals surface area (Å²) in [6, 6.07) is 11.4. The third kappa shape index (κ3) is 5.52. The van der Waals surface area contributed by atoms with Crippen LogP contribution < -0.4 is 10.1 Å². The van der Waals surface area contributed by atoms with E-state index in [9.17, 15) is 4.79 Å². The smallest absolute Gasteiger partial charge is 0.234 e. The van der Waals surface area contributed by atoms with Crippen LogP contribution in [-0.4, -0.2) is 26.4 Å². The number of thioether (sulfide) groups is 1. The molecule has 152 valence electrons. The Bertz CT molecular complexity index is 1040. The first-order valence-corrected chi connectivity index (χ1v) is 10.5. The minimum absolute atomic E-state index is 0.128. The number of carbonyl (C=O) groups excluding carboxylic acids is 1. The number of hydrogen-bond acceptors (Lipinski definition) is 5. The molecule has 1 N–H and O–H groups in total. The zero-order valence-corrected chi connectivity index (χ0v) is 18.4. The van der Waals surface area contributed by atoms with Crippen molar-refractivity contribution in [3.63, 3.8) is 0 Å². The summed E-state index contributed by atoms with van der Waals surface area (Å²) in [5.74, 6) is 1.57. The molecule has 0 bridgehead atoms. The minimum atomic E-state index is -0.128. The van der Waals surface area contributed by atoms with Gasteiger partial charge in [0.2, 0.25) is 5.91 Å². The van der Waals surface area contributed by atoms with Crippen molar-refractivity contribution >= 4 is 35.0 Å². The highest BCUT2D eigenvalue weighted by Crippen LogP contribution is 2.22. The zero-order valence-electron chi connectivity index (χ0n) is 16.8. The largest absolute Gasteiger partial charge is 0.486 e. The van der Waals surface area contributed by atoms with Crippen LogP contribution in [0.15, 0.2) is 41.6 Å². The fraction of sp³-hybridized carbons (Fsp3) is 0.286. The maximum absolute atomic E-state index is 12.3. The molecule has 3 rings (SSSR count). The molecule has 0 aliphatic rings. The van der Waals surface area contributed by atoms with E-state index in [0.29, 0.717) is 28.3 Å². The molecule has 29 heavy (non-hydrogen) atoms. The molecule has 0 unspecified atom stereocenters. The first-order valence-electron chi connectivity index (χ1n) is 9.10. The molecule has 0 saturated carbocycles. The molecular formula is C21H23ClN4O2S. The number of nitrogens with zero attached hydrogens (tertiary/aromatic N) is 3. The normalized spacial score (nSPS) is 10.8. The molecule has 0 spiro atoms. The Balaban J connectivity index is 1.55. The highest BCUT2D eigenvalue weighted by atomic mass is 35.5. The van der Waals surface area contributed by atoms with Gasteiger partial charge in [0, 0.05) is 17.8 Å². The van der Waals surface area contributed by atoms with E-state index in [0.717, 1.165) is 11.3 Å². The van der Waals surface area contributed by atoms with Crippen LogP contribution in [0, 0.1) is 20.8 Å². The lowest BCUT2D eigenvalue weighted by Gasteiger charge is -2.09. The number of halogens is 1. The minimum Gasteiger partial charge on any atom is -0.486 e. The molecule has 0 radical (unpaired) electrons. The van der Waals surface area contributed by atoms with Crippen LogP contribution in [0.2, 0.25) is 5.02 Å². The van der Waals surface area contributed by atoms with Crippen molar-refractivity contribution in [2.75, 3.05) is 11.1 Å². The Kier molecular flexibility index (Phi) is 6.82. The predicted octanol–water partition coefficient (Wildman–Crippen LogP) is 4.70.